The van der Waals surface area contributed by atoms with Gasteiger partial charge in [-0.25, -0.2) is 0 Å². The van der Waals surface area contributed by atoms with E-state index < -0.39 is 0 Å². The van der Waals surface area contributed by atoms with Crippen molar-refractivity contribution in [3.05, 3.63) is 11.6 Å². The standard InChI is InChI=1S/C12H21N/c1-2-4-6-8-13-12-9-11(10-12)7-5-3-1/h9,12-13H,1-8,10H2. The van der Waals surface area contributed by atoms with E-state index in [0.717, 1.165) is 6.04 Å². The van der Waals surface area contributed by atoms with Crippen molar-refractivity contribution in [3.63, 3.8) is 0 Å². The lowest BCUT2D eigenvalue weighted by molar-refractivity contribution is 0.483. The molecular weight excluding hydrogens is 158 g/mol. The second kappa shape index (κ2) is 4.80. The highest BCUT2D eigenvalue weighted by Crippen LogP contribution is 2.25. The molecule has 1 N–H and O–H groups in total. The molecule has 1 nitrogen and oxygen atoms in total. The van der Waals surface area contributed by atoms with Gasteiger partial charge in [-0.05, 0) is 32.2 Å². The van der Waals surface area contributed by atoms with Gasteiger partial charge in [0, 0.05) is 6.04 Å². The molecule has 0 aromatic carbocycles. The number of hydrogen-bond donors (Lipinski definition) is 1. The average molecular weight is 179 g/mol. The van der Waals surface area contributed by atoms with Gasteiger partial charge in [0.25, 0.3) is 0 Å². The predicted octanol–water partition coefficient (Wildman–Crippen LogP) is 3.02. The monoisotopic (exact) mass is 179 g/mol. The van der Waals surface area contributed by atoms with E-state index in [2.05, 4.69) is 11.4 Å². The molecule has 1 aliphatic carbocycles. The predicted molar refractivity (Wildman–Crippen MR) is 56.8 cm³/mol. The van der Waals surface area contributed by atoms with Crippen LogP contribution in [0.3, 0.4) is 0 Å². The third-order valence-corrected chi connectivity index (χ3v) is 3.25. The fourth-order valence-electron chi connectivity index (χ4n) is 2.32. The van der Waals surface area contributed by atoms with Gasteiger partial charge in [0.2, 0.25) is 0 Å². The van der Waals surface area contributed by atoms with Gasteiger partial charge in [-0.15, -0.1) is 0 Å². The van der Waals surface area contributed by atoms with Crippen LogP contribution in [-0.4, -0.2) is 12.6 Å². The van der Waals surface area contributed by atoms with Crippen LogP contribution in [0.2, 0.25) is 0 Å². The smallest absolute Gasteiger partial charge is 0.0289 e. The SMILES string of the molecule is C1=C2CCCCCCCCNC1C2. The highest BCUT2D eigenvalue weighted by molar-refractivity contribution is 5.20. The molecule has 3 aliphatic rings. The summed E-state index contributed by atoms with van der Waals surface area (Å²) in [6.07, 6.45) is 13.7. The van der Waals surface area contributed by atoms with Gasteiger partial charge in [-0.1, -0.05) is 37.3 Å². The molecule has 0 aromatic rings. The molecule has 74 valence electrons. The third-order valence-electron chi connectivity index (χ3n) is 3.25. The van der Waals surface area contributed by atoms with Crippen LogP contribution < -0.4 is 5.32 Å². The number of fused-ring (bicyclic) bond motifs is 8. The normalized spacial score (nSPS) is 30.8. The lowest BCUT2D eigenvalue weighted by Gasteiger charge is -2.27. The van der Waals surface area contributed by atoms with E-state index >= 15 is 0 Å². The van der Waals surface area contributed by atoms with Crippen molar-refractivity contribution < 1.29 is 0 Å². The molecule has 2 aliphatic heterocycles. The molecule has 0 spiro atoms. The molecule has 3 rings (SSSR count). The molecule has 13 heavy (non-hydrogen) atoms. The zero-order chi connectivity index (χ0) is 8.93. The summed E-state index contributed by atoms with van der Waals surface area (Å²) in [5.74, 6) is 0. The zero-order valence-electron chi connectivity index (χ0n) is 8.52. The Bertz CT molecular complexity index is 184. The molecule has 1 unspecified atom stereocenters. The first-order valence-electron chi connectivity index (χ1n) is 5.88. The van der Waals surface area contributed by atoms with E-state index in [9.17, 15) is 0 Å². The minimum absolute atomic E-state index is 0.731. The Balaban J connectivity index is 1.76. The van der Waals surface area contributed by atoms with Crippen LogP contribution in [0.5, 0.6) is 0 Å². The Kier molecular flexibility index (Phi) is 3.42. The van der Waals surface area contributed by atoms with Crippen molar-refractivity contribution in [2.75, 3.05) is 6.54 Å². The summed E-state index contributed by atoms with van der Waals surface area (Å²) in [6.45, 7) is 1.23. The second-order valence-corrected chi connectivity index (χ2v) is 4.46. The molecule has 0 aromatic heterocycles. The maximum absolute atomic E-state index is 3.59. The summed E-state index contributed by atoms with van der Waals surface area (Å²) < 4.78 is 0. The maximum Gasteiger partial charge on any atom is 0.0289 e. The molecule has 2 heterocycles. The summed E-state index contributed by atoms with van der Waals surface area (Å²) in [5.41, 5.74) is 1.71. The van der Waals surface area contributed by atoms with Crippen molar-refractivity contribution in [1.82, 2.24) is 5.32 Å². The van der Waals surface area contributed by atoms with Gasteiger partial charge < -0.3 is 5.32 Å². The largest absolute Gasteiger partial charge is 0.310 e. The fraction of sp³-hybridized carbons (Fsp3) is 0.833. The van der Waals surface area contributed by atoms with Gasteiger partial charge in [-0.3, -0.25) is 0 Å². The molecule has 1 atom stereocenters. The van der Waals surface area contributed by atoms with Crippen molar-refractivity contribution >= 4 is 0 Å². The maximum atomic E-state index is 3.59. The van der Waals surface area contributed by atoms with Crippen molar-refractivity contribution in [3.8, 4) is 0 Å². The topological polar surface area (TPSA) is 12.0 Å². The molecule has 1 fully saturated rings. The first-order chi connectivity index (χ1) is 6.45. The Labute approximate surface area is 81.6 Å². The van der Waals surface area contributed by atoms with E-state index in [1.165, 1.54) is 57.9 Å². The summed E-state index contributed by atoms with van der Waals surface area (Å²) in [5, 5.41) is 3.59. The second-order valence-electron chi connectivity index (χ2n) is 4.46. The Morgan fingerprint density at radius 2 is 1.69 bits per heavy atom. The quantitative estimate of drug-likeness (QED) is 0.564. The highest BCUT2D eigenvalue weighted by Gasteiger charge is 2.17. The van der Waals surface area contributed by atoms with Crippen molar-refractivity contribution in [1.29, 1.82) is 0 Å². The van der Waals surface area contributed by atoms with E-state index in [4.69, 9.17) is 0 Å². The Morgan fingerprint density at radius 1 is 1.00 bits per heavy atom. The Morgan fingerprint density at radius 3 is 2.54 bits per heavy atom. The van der Waals surface area contributed by atoms with E-state index in [-0.39, 0.29) is 0 Å². The van der Waals surface area contributed by atoms with E-state index in [0.29, 0.717) is 0 Å². The molecule has 0 amide bonds. The number of rotatable bonds is 0. The first kappa shape index (κ1) is 9.26. The molecule has 0 radical (unpaired) electrons. The molecular formula is C12H21N. The van der Waals surface area contributed by atoms with Crippen LogP contribution >= 0.6 is 0 Å². The highest BCUT2D eigenvalue weighted by atomic mass is 14.9. The fourth-order valence-corrected chi connectivity index (χ4v) is 2.32. The van der Waals surface area contributed by atoms with Crippen LogP contribution in [-0.2, 0) is 0 Å². The van der Waals surface area contributed by atoms with Gasteiger partial charge in [0.1, 0.15) is 0 Å². The molecule has 0 saturated carbocycles. The lowest BCUT2D eigenvalue weighted by atomic mass is 9.88. The number of nitrogens with one attached hydrogen (secondary N) is 1. The molecule has 2 bridgehead atoms. The van der Waals surface area contributed by atoms with E-state index in [1.54, 1.807) is 5.57 Å². The summed E-state index contributed by atoms with van der Waals surface area (Å²) in [6, 6.07) is 0.731. The van der Waals surface area contributed by atoms with Crippen LogP contribution in [0.25, 0.3) is 0 Å². The van der Waals surface area contributed by atoms with E-state index in [1.807, 2.05) is 0 Å². The summed E-state index contributed by atoms with van der Waals surface area (Å²) in [4.78, 5) is 0. The van der Waals surface area contributed by atoms with Crippen LogP contribution in [0.15, 0.2) is 11.6 Å². The first-order valence-corrected chi connectivity index (χ1v) is 5.88. The lowest BCUT2D eigenvalue weighted by Crippen LogP contribution is -2.34. The summed E-state index contributed by atoms with van der Waals surface area (Å²) >= 11 is 0. The van der Waals surface area contributed by atoms with Crippen molar-refractivity contribution in [2.45, 2.75) is 57.4 Å². The minimum Gasteiger partial charge on any atom is -0.310 e. The minimum atomic E-state index is 0.731. The zero-order valence-corrected chi connectivity index (χ0v) is 8.52. The van der Waals surface area contributed by atoms with Crippen LogP contribution in [0.1, 0.15) is 51.4 Å². The van der Waals surface area contributed by atoms with Gasteiger partial charge in [0.05, 0.1) is 0 Å². The third kappa shape index (κ3) is 2.84. The van der Waals surface area contributed by atoms with Crippen LogP contribution in [0, 0.1) is 0 Å². The molecule has 1 heteroatoms. The Hall–Kier alpha value is -0.300. The average Bonchev–Trinajstić information content (AvgIpc) is 2.01. The number of hydrogen-bond acceptors (Lipinski definition) is 1. The van der Waals surface area contributed by atoms with Gasteiger partial charge in [0.15, 0.2) is 0 Å². The molecule has 1 saturated heterocycles. The van der Waals surface area contributed by atoms with Gasteiger partial charge in [-0.2, -0.15) is 0 Å². The van der Waals surface area contributed by atoms with Gasteiger partial charge >= 0.3 is 0 Å². The van der Waals surface area contributed by atoms with Crippen molar-refractivity contribution in [2.24, 2.45) is 0 Å². The summed E-state index contributed by atoms with van der Waals surface area (Å²) in [7, 11) is 0. The van der Waals surface area contributed by atoms with Crippen LogP contribution in [0.4, 0.5) is 0 Å².